The van der Waals surface area contributed by atoms with Crippen LogP contribution in [0.15, 0.2) is 29.4 Å². The number of hydrogen-bond donors (Lipinski definition) is 2. The molecule has 0 saturated heterocycles. The first-order valence-corrected chi connectivity index (χ1v) is 6.63. The van der Waals surface area contributed by atoms with Crippen LogP contribution in [0.4, 0.5) is 5.69 Å². The van der Waals surface area contributed by atoms with E-state index < -0.39 is 0 Å². The van der Waals surface area contributed by atoms with Crippen LogP contribution in [0, 0.1) is 12.3 Å². The summed E-state index contributed by atoms with van der Waals surface area (Å²) in [6, 6.07) is 8.35. The van der Waals surface area contributed by atoms with E-state index in [4.69, 9.17) is 10.9 Å². The highest BCUT2D eigenvalue weighted by molar-refractivity contribution is 5.85. The van der Waals surface area contributed by atoms with Crippen LogP contribution in [0.1, 0.15) is 32.3 Å². The summed E-state index contributed by atoms with van der Waals surface area (Å²) in [5.74, 6) is 0.297. The Kier molecular flexibility index (Phi) is 5.21. The molecule has 0 spiro atoms. The van der Waals surface area contributed by atoms with Crippen LogP contribution in [0.25, 0.3) is 0 Å². The van der Waals surface area contributed by atoms with Gasteiger partial charge in [-0.25, -0.2) is 0 Å². The first kappa shape index (κ1) is 15.3. The third-order valence-corrected chi connectivity index (χ3v) is 3.62. The van der Waals surface area contributed by atoms with Crippen molar-refractivity contribution in [2.45, 2.75) is 33.6 Å². The minimum absolute atomic E-state index is 0.263. The van der Waals surface area contributed by atoms with Gasteiger partial charge in [-0.1, -0.05) is 37.2 Å². The molecule has 106 valence electrons. The summed E-state index contributed by atoms with van der Waals surface area (Å²) in [4.78, 5) is 2.25. The van der Waals surface area contributed by atoms with Gasteiger partial charge in [-0.15, -0.1) is 0 Å². The Morgan fingerprint density at radius 2 is 2.00 bits per heavy atom. The molecule has 0 aliphatic carbocycles. The Hall–Kier alpha value is -1.71. The van der Waals surface area contributed by atoms with Crippen LogP contribution in [0.3, 0.4) is 0 Å². The molecule has 0 bridgehead atoms. The maximum atomic E-state index is 8.75. The number of nitrogens with zero attached hydrogens (tertiary/aromatic N) is 2. The molecule has 0 saturated carbocycles. The molecule has 19 heavy (non-hydrogen) atoms. The van der Waals surface area contributed by atoms with Gasteiger partial charge in [0.25, 0.3) is 0 Å². The number of anilines is 1. The molecule has 0 atom stereocenters. The summed E-state index contributed by atoms with van der Waals surface area (Å²) >= 11 is 0. The minimum atomic E-state index is -0.263. The first-order chi connectivity index (χ1) is 8.88. The van der Waals surface area contributed by atoms with Gasteiger partial charge in [0.15, 0.2) is 0 Å². The average Bonchev–Trinajstić information content (AvgIpc) is 2.37. The van der Waals surface area contributed by atoms with Crippen molar-refractivity contribution in [3.63, 3.8) is 0 Å². The van der Waals surface area contributed by atoms with Crippen LogP contribution >= 0.6 is 0 Å². The highest BCUT2D eigenvalue weighted by Crippen LogP contribution is 2.24. The fourth-order valence-electron chi connectivity index (χ4n) is 2.13. The molecule has 0 unspecified atom stereocenters. The van der Waals surface area contributed by atoms with E-state index in [9.17, 15) is 0 Å². The predicted octanol–water partition coefficient (Wildman–Crippen LogP) is 2.98. The van der Waals surface area contributed by atoms with Gasteiger partial charge in [-0.2, -0.15) is 0 Å². The van der Waals surface area contributed by atoms with Crippen LogP contribution < -0.4 is 10.6 Å². The topological polar surface area (TPSA) is 61.8 Å². The van der Waals surface area contributed by atoms with Crippen molar-refractivity contribution >= 4 is 11.5 Å². The zero-order chi connectivity index (χ0) is 14.5. The third kappa shape index (κ3) is 4.16. The lowest BCUT2D eigenvalue weighted by atomic mass is 9.86. The van der Waals surface area contributed by atoms with Gasteiger partial charge in [0, 0.05) is 24.7 Å². The average molecular weight is 263 g/mol. The fourth-order valence-corrected chi connectivity index (χ4v) is 2.13. The summed E-state index contributed by atoms with van der Waals surface area (Å²) in [5, 5.41) is 11.9. The molecule has 1 aromatic rings. The fraction of sp³-hybridized carbons (Fsp3) is 0.533. The Morgan fingerprint density at radius 1 is 1.37 bits per heavy atom. The third-order valence-electron chi connectivity index (χ3n) is 3.62. The maximum absolute atomic E-state index is 8.75. The SMILES string of the molecule is Cc1ccccc1N(C)CCCC(C)(C)C(N)=NO. The molecular formula is C15H25N3O. The molecular weight excluding hydrogens is 238 g/mol. The van der Waals surface area contributed by atoms with E-state index in [1.54, 1.807) is 0 Å². The summed E-state index contributed by atoms with van der Waals surface area (Å²) in [6.45, 7) is 7.06. The Balaban J connectivity index is 2.52. The Morgan fingerprint density at radius 3 is 2.58 bits per heavy atom. The Bertz CT molecular complexity index is 441. The van der Waals surface area contributed by atoms with Gasteiger partial charge in [-0.3, -0.25) is 0 Å². The smallest absolute Gasteiger partial charge is 0.144 e. The zero-order valence-corrected chi connectivity index (χ0v) is 12.3. The van der Waals surface area contributed by atoms with Gasteiger partial charge in [0.2, 0.25) is 0 Å². The van der Waals surface area contributed by atoms with Crippen LogP contribution in [0.5, 0.6) is 0 Å². The second kappa shape index (κ2) is 6.45. The molecule has 0 aliphatic heterocycles. The van der Waals surface area contributed by atoms with Crippen molar-refractivity contribution < 1.29 is 5.21 Å². The molecule has 1 aromatic carbocycles. The lowest BCUT2D eigenvalue weighted by Crippen LogP contribution is -2.33. The van der Waals surface area contributed by atoms with Crippen molar-refractivity contribution in [1.82, 2.24) is 0 Å². The Labute approximate surface area is 115 Å². The van der Waals surface area contributed by atoms with Crippen molar-refractivity contribution in [2.24, 2.45) is 16.3 Å². The van der Waals surface area contributed by atoms with Gasteiger partial charge in [0.05, 0.1) is 0 Å². The summed E-state index contributed by atoms with van der Waals surface area (Å²) in [7, 11) is 2.10. The number of nitrogens with two attached hydrogens (primary N) is 1. The molecule has 0 amide bonds. The standard InChI is InChI=1S/C15H25N3O/c1-12-8-5-6-9-13(12)18(4)11-7-10-15(2,3)14(16)17-19/h5-6,8-9,19H,7,10-11H2,1-4H3,(H2,16,17). The highest BCUT2D eigenvalue weighted by Gasteiger charge is 2.23. The van der Waals surface area contributed by atoms with Crippen molar-refractivity contribution in [1.29, 1.82) is 0 Å². The molecule has 4 nitrogen and oxygen atoms in total. The van der Waals surface area contributed by atoms with Crippen LogP contribution in [0.2, 0.25) is 0 Å². The van der Waals surface area contributed by atoms with Gasteiger partial charge in [-0.05, 0) is 31.4 Å². The number of oxime groups is 1. The van der Waals surface area contributed by atoms with Crippen molar-refractivity contribution in [3.05, 3.63) is 29.8 Å². The van der Waals surface area contributed by atoms with Gasteiger partial charge >= 0.3 is 0 Å². The van der Waals surface area contributed by atoms with E-state index in [0.29, 0.717) is 5.84 Å². The summed E-state index contributed by atoms with van der Waals surface area (Å²) < 4.78 is 0. The van der Waals surface area contributed by atoms with E-state index in [0.717, 1.165) is 19.4 Å². The number of aryl methyl sites for hydroxylation is 1. The predicted molar refractivity (Wildman–Crippen MR) is 80.9 cm³/mol. The summed E-state index contributed by atoms with van der Waals surface area (Å²) in [6.07, 6.45) is 1.88. The maximum Gasteiger partial charge on any atom is 0.144 e. The highest BCUT2D eigenvalue weighted by atomic mass is 16.4. The minimum Gasteiger partial charge on any atom is -0.409 e. The number of rotatable bonds is 6. The normalized spacial score (nSPS) is 12.5. The molecule has 0 aromatic heterocycles. The lowest BCUT2D eigenvalue weighted by molar-refractivity contribution is 0.305. The second-order valence-corrected chi connectivity index (χ2v) is 5.68. The molecule has 0 aliphatic rings. The van der Waals surface area contributed by atoms with Crippen molar-refractivity contribution in [2.75, 3.05) is 18.5 Å². The number of hydrogen-bond acceptors (Lipinski definition) is 3. The zero-order valence-electron chi connectivity index (χ0n) is 12.3. The molecule has 0 fully saturated rings. The number of amidine groups is 1. The lowest BCUT2D eigenvalue weighted by Gasteiger charge is -2.26. The van der Waals surface area contributed by atoms with E-state index >= 15 is 0 Å². The number of para-hydroxylation sites is 1. The molecule has 1 rings (SSSR count). The van der Waals surface area contributed by atoms with E-state index in [-0.39, 0.29) is 5.41 Å². The van der Waals surface area contributed by atoms with Gasteiger partial charge in [0.1, 0.15) is 5.84 Å². The molecule has 0 heterocycles. The first-order valence-electron chi connectivity index (χ1n) is 6.63. The van der Waals surface area contributed by atoms with E-state index in [1.165, 1.54) is 11.3 Å². The van der Waals surface area contributed by atoms with Crippen LogP contribution in [-0.4, -0.2) is 24.6 Å². The quantitative estimate of drug-likeness (QED) is 0.359. The number of benzene rings is 1. The van der Waals surface area contributed by atoms with Crippen LogP contribution in [-0.2, 0) is 0 Å². The molecule has 4 heteroatoms. The molecule has 3 N–H and O–H groups in total. The second-order valence-electron chi connectivity index (χ2n) is 5.68. The van der Waals surface area contributed by atoms with Gasteiger partial charge < -0.3 is 15.8 Å². The monoisotopic (exact) mass is 263 g/mol. The molecule has 0 radical (unpaired) electrons. The largest absolute Gasteiger partial charge is 0.409 e. The summed E-state index contributed by atoms with van der Waals surface area (Å²) in [5.41, 5.74) is 7.96. The van der Waals surface area contributed by atoms with E-state index in [2.05, 4.69) is 42.2 Å². The van der Waals surface area contributed by atoms with E-state index in [1.807, 2.05) is 19.9 Å². The van der Waals surface area contributed by atoms with Crippen molar-refractivity contribution in [3.8, 4) is 0 Å².